The monoisotopic (exact) mass is 303 g/mol. The number of rotatable bonds is 6. The van der Waals surface area contributed by atoms with Crippen molar-refractivity contribution in [1.82, 2.24) is 16.4 Å². The molecule has 21 heavy (non-hydrogen) atoms. The summed E-state index contributed by atoms with van der Waals surface area (Å²) in [6.45, 7) is 0.501. The molecule has 9 nitrogen and oxygen atoms in total. The highest BCUT2D eigenvalue weighted by Gasteiger charge is 2.36. The van der Waals surface area contributed by atoms with Crippen molar-refractivity contribution in [3.05, 3.63) is 0 Å². The third-order valence-corrected chi connectivity index (χ3v) is 3.57. The molecule has 1 saturated heterocycles. The average molecular weight is 303 g/mol. The minimum atomic E-state index is -1.16. The number of aliphatic carboxylic acids is 3. The first-order chi connectivity index (χ1) is 9.83. The Morgan fingerprint density at radius 1 is 1.00 bits per heavy atom. The molecule has 1 heterocycles. The molecule has 9 heteroatoms. The number of carbonyl (C=O) groups is 3. The topological polar surface area (TPSA) is 148 Å². The van der Waals surface area contributed by atoms with Crippen LogP contribution < -0.4 is 16.4 Å². The van der Waals surface area contributed by atoms with Crippen molar-refractivity contribution >= 4 is 17.9 Å². The predicted octanol–water partition coefficient (Wildman–Crippen LogP) is -0.452. The van der Waals surface area contributed by atoms with Crippen molar-refractivity contribution in [2.24, 2.45) is 5.92 Å². The zero-order chi connectivity index (χ0) is 15.9. The van der Waals surface area contributed by atoms with Gasteiger partial charge in [-0.3, -0.25) is 14.4 Å². The van der Waals surface area contributed by atoms with Gasteiger partial charge < -0.3 is 15.3 Å². The van der Waals surface area contributed by atoms with E-state index in [2.05, 4.69) is 16.4 Å². The second-order valence-corrected chi connectivity index (χ2v) is 5.39. The van der Waals surface area contributed by atoms with Crippen molar-refractivity contribution in [3.8, 4) is 0 Å². The minimum Gasteiger partial charge on any atom is -0.481 e. The van der Waals surface area contributed by atoms with E-state index in [0.29, 0.717) is 19.4 Å². The van der Waals surface area contributed by atoms with Gasteiger partial charge in [-0.25, -0.2) is 10.9 Å². The molecule has 0 spiro atoms. The Labute approximate surface area is 121 Å². The van der Waals surface area contributed by atoms with E-state index in [-0.39, 0.29) is 31.6 Å². The molecule has 0 aromatic carbocycles. The van der Waals surface area contributed by atoms with E-state index in [0.717, 1.165) is 0 Å². The second kappa shape index (κ2) is 7.91. The van der Waals surface area contributed by atoms with Gasteiger partial charge in [0.25, 0.3) is 0 Å². The molecule has 1 aliphatic rings. The maximum Gasteiger partial charge on any atom is 0.305 e. The SMILES string of the molecule is O=C(O)CC1CCNNNC(CC(=O)O)(CC(=O)O)CC1. The van der Waals surface area contributed by atoms with Gasteiger partial charge in [-0.2, -0.15) is 5.53 Å². The zero-order valence-corrected chi connectivity index (χ0v) is 11.6. The number of nitrogens with one attached hydrogen (secondary N) is 3. The van der Waals surface area contributed by atoms with Gasteiger partial charge in [-0.05, 0) is 25.2 Å². The van der Waals surface area contributed by atoms with Gasteiger partial charge in [-0.15, -0.1) is 0 Å². The van der Waals surface area contributed by atoms with Crippen LogP contribution in [0.3, 0.4) is 0 Å². The highest BCUT2D eigenvalue weighted by atomic mass is 16.4. The fourth-order valence-corrected chi connectivity index (χ4v) is 2.56. The Kier molecular flexibility index (Phi) is 6.53. The Morgan fingerprint density at radius 2 is 1.62 bits per heavy atom. The molecule has 120 valence electrons. The minimum absolute atomic E-state index is 0.0160. The first-order valence-electron chi connectivity index (χ1n) is 6.73. The van der Waals surface area contributed by atoms with Crippen molar-refractivity contribution in [2.45, 2.75) is 44.1 Å². The molecular weight excluding hydrogens is 282 g/mol. The molecule has 0 radical (unpaired) electrons. The summed E-state index contributed by atoms with van der Waals surface area (Å²) in [4.78, 5) is 32.9. The Hall–Kier alpha value is -1.71. The quantitative estimate of drug-likeness (QED) is 0.383. The Balaban J connectivity index is 2.84. The summed E-state index contributed by atoms with van der Waals surface area (Å²) < 4.78 is 0. The van der Waals surface area contributed by atoms with Gasteiger partial charge >= 0.3 is 17.9 Å². The number of carboxylic acid groups (broad SMARTS) is 3. The molecule has 0 bridgehead atoms. The molecule has 1 fully saturated rings. The van der Waals surface area contributed by atoms with Crippen LogP contribution >= 0.6 is 0 Å². The lowest BCUT2D eigenvalue weighted by molar-refractivity contribution is -0.143. The maximum atomic E-state index is 11.0. The molecular formula is C12H21N3O6. The number of carboxylic acids is 3. The first-order valence-corrected chi connectivity index (χ1v) is 6.73. The molecule has 0 saturated carbocycles. The molecule has 0 amide bonds. The Bertz CT molecular complexity index is 384. The summed E-state index contributed by atoms with van der Waals surface area (Å²) in [7, 11) is 0. The molecule has 1 rings (SSSR count). The van der Waals surface area contributed by atoms with E-state index in [9.17, 15) is 14.4 Å². The normalized spacial score (nSPS) is 22.6. The van der Waals surface area contributed by atoms with Crippen LogP contribution in [0.4, 0.5) is 0 Å². The van der Waals surface area contributed by atoms with Crippen LogP contribution in [0.15, 0.2) is 0 Å². The molecule has 0 aromatic heterocycles. The lowest BCUT2D eigenvalue weighted by atomic mass is 9.82. The van der Waals surface area contributed by atoms with E-state index >= 15 is 0 Å². The van der Waals surface area contributed by atoms with Gasteiger partial charge in [-0.1, -0.05) is 0 Å². The molecule has 0 aliphatic carbocycles. The summed E-state index contributed by atoms with van der Waals surface area (Å²) in [6, 6.07) is 0. The number of hydrogen-bond donors (Lipinski definition) is 6. The van der Waals surface area contributed by atoms with E-state index in [1.54, 1.807) is 0 Å². The summed E-state index contributed by atoms with van der Waals surface area (Å²) in [5.41, 5.74) is 7.00. The summed E-state index contributed by atoms with van der Waals surface area (Å²) in [6.07, 6.45) is 0.568. The predicted molar refractivity (Wildman–Crippen MR) is 71.1 cm³/mol. The zero-order valence-electron chi connectivity index (χ0n) is 11.6. The highest BCUT2D eigenvalue weighted by Crippen LogP contribution is 2.27. The van der Waals surface area contributed by atoms with Crippen molar-refractivity contribution in [2.75, 3.05) is 6.54 Å². The third-order valence-electron chi connectivity index (χ3n) is 3.57. The first kappa shape index (κ1) is 17.3. The van der Waals surface area contributed by atoms with Crippen molar-refractivity contribution in [1.29, 1.82) is 0 Å². The van der Waals surface area contributed by atoms with Crippen LogP contribution in [0.1, 0.15) is 38.5 Å². The van der Waals surface area contributed by atoms with Crippen LogP contribution in [0.25, 0.3) is 0 Å². The van der Waals surface area contributed by atoms with Crippen molar-refractivity contribution in [3.63, 3.8) is 0 Å². The standard InChI is InChI=1S/C12H21N3O6/c16-9(17)5-8-1-3-12(6-10(18)19,7-11(20)21)14-15-13-4-2-8/h8,13-15H,1-7H2,(H,16,17)(H,18,19)(H,20,21). The molecule has 1 unspecified atom stereocenters. The van der Waals surface area contributed by atoms with Gasteiger partial charge in [0, 0.05) is 13.0 Å². The van der Waals surface area contributed by atoms with Gasteiger partial charge in [0.05, 0.1) is 18.4 Å². The fraction of sp³-hybridized carbons (Fsp3) is 0.750. The maximum absolute atomic E-state index is 11.0. The van der Waals surface area contributed by atoms with Crippen LogP contribution in [-0.4, -0.2) is 45.3 Å². The van der Waals surface area contributed by atoms with E-state index in [1.165, 1.54) is 0 Å². The van der Waals surface area contributed by atoms with Gasteiger partial charge in [0.1, 0.15) is 0 Å². The smallest absolute Gasteiger partial charge is 0.305 e. The molecule has 1 atom stereocenters. The lowest BCUT2D eigenvalue weighted by Gasteiger charge is -2.32. The van der Waals surface area contributed by atoms with Gasteiger partial charge in [0.2, 0.25) is 0 Å². The fourth-order valence-electron chi connectivity index (χ4n) is 2.56. The number of hydrazine groups is 2. The van der Waals surface area contributed by atoms with E-state index in [4.69, 9.17) is 15.3 Å². The average Bonchev–Trinajstić information content (AvgIpc) is 2.40. The number of hydrogen-bond acceptors (Lipinski definition) is 6. The van der Waals surface area contributed by atoms with E-state index in [1.807, 2.05) is 0 Å². The summed E-state index contributed by atoms with van der Waals surface area (Å²) >= 11 is 0. The molecule has 1 aliphatic heterocycles. The van der Waals surface area contributed by atoms with E-state index < -0.39 is 23.4 Å². The van der Waals surface area contributed by atoms with Crippen molar-refractivity contribution < 1.29 is 29.7 Å². The van der Waals surface area contributed by atoms with Gasteiger partial charge in [0.15, 0.2) is 0 Å². The lowest BCUT2D eigenvalue weighted by Crippen LogP contribution is -2.58. The van der Waals surface area contributed by atoms with Crippen LogP contribution in [0.5, 0.6) is 0 Å². The second-order valence-electron chi connectivity index (χ2n) is 5.39. The van der Waals surface area contributed by atoms with Crippen LogP contribution in [0.2, 0.25) is 0 Å². The third kappa shape index (κ3) is 6.52. The van der Waals surface area contributed by atoms with Crippen LogP contribution in [-0.2, 0) is 14.4 Å². The Morgan fingerprint density at radius 3 is 2.14 bits per heavy atom. The summed E-state index contributed by atoms with van der Waals surface area (Å²) in [5.74, 6) is -3.26. The highest BCUT2D eigenvalue weighted by molar-refractivity contribution is 5.73. The van der Waals surface area contributed by atoms with Crippen LogP contribution in [0, 0.1) is 5.92 Å². The molecule has 0 aromatic rings. The summed E-state index contributed by atoms with van der Waals surface area (Å²) in [5, 5.41) is 26.9. The molecule has 6 N–H and O–H groups in total. The largest absolute Gasteiger partial charge is 0.481 e.